The van der Waals surface area contributed by atoms with Crippen molar-refractivity contribution in [3.05, 3.63) is 53.6 Å². The highest BCUT2D eigenvalue weighted by atomic mass is 32.2. The van der Waals surface area contributed by atoms with Crippen LogP contribution in [0.2, 0.25) is 0 Å². The second-order valence-corrected chi connectivity index (χ2v) is 12.1. The highest BCUT2D eigenvalue weighted by Crippen LogP contribution is 2.34. The van der Waals surface area contributed by atoms with Crippen LogP contribution in [-0.2, 0) is 26.2 Å². The van der Waals surface area contributed by atoms with Crippen LogP contribution < -0.4 is 19.1 Å². The van der Waals surface area contributed by atoms with Crippen LogP contribution in [0.25, 0.3) is 0 Å². The molecule has 1 unspecified atom stereocenters. The first-order valence-electron chi connectivity index (χ1n) is 12.3. The van der Waals surface area contributed by atoms with Crippen molar-refractivity contribution in [2.75, 3.05) is 30.3 Å². The maximum absolute atomic E-state index is 13.8. The van der Waals surface area contributed by atoms with Crippen LogP contribution in [0.15, 0.2) is 42.5 Å². The number of fused-ring (bicyclic) bond motifs is 1. The normalized spacial score (nSPS) is 14.0. The Balaban J connectivity index is 1.98. The number of sulfonamides is 1. The summed E-state index contributed by atoms with van der Waals surface area (Å²) < 4.78 is 37.9. The van der Waals surface area contributed by atoms with Crippen molar-refractivity contribution in [1.82, 2.24) is 10.2 Å². The van der Waals surface area contributed by atoms with Gasteiger partial charge in [0, 0.05) is 18.2 Å². The molecule has 1 heterocycles. The third kappa shape index (κ3) is 7.38. The van der Waals surface area contributed by atoms with E-state index in [1.165, 1.54) is 4.90 Å². The van der Waals surface area contributed by atoms with Crippen LogP contribution in [0.3, 0.4) is 0 Å². The highest BCUT2D eigenvalue weighted by Gasteiger charge is 2.33. The predicted molar refractivity (Wildman–Crippen MR) is 143 cm³/mol. The van der Waals surface area contributed by atoms with Crippen LogP contribution >= 0.6 is 0 Å². The second-order valence-electron chi connectivity index (χ2n) is 10.2. The van der Waals surface area contributed by atoms with Gasteiger partial charge in [-0.2, -0.15) is 0 Å². The maximum atomic E-state index is 13.8. The maximum Gasteiger partial charge on any atom is 0.244 e. The van der Waals surface area contributed by atoms with E-state index in [2.05, 4.69) is 5.32 Å². The van der Waals surface area contributed by atoms with Gasteiger partial charge in [-0.1, -0.05) is 31.2 Å². The van der Waals surface area contributed by atoms with Crippen LogP contribution in [0, 0.1) is 6.92 Å². The lowest BCUT2D eigenvalue weighted by Crippen LogP contribution is -2.55. The third-order valence-corrected chi connectivity index (χ3v) is 7.12. The van der Waals surface area contributed by atoms with E-state index in [0.29, 0.717) is 31.1 Å². The zero-order chi connectivity index (χ0) is 27.4. The number of aryl methyl sites for hydroxylation is 1. The van der Waals surface area contributed by atoms with E-state index in [1.807, 2.05) is 58.9 Å². The Hall–Kier alpha value is -3.27. The lowest BCUT2D eigenvalue weighted by molar-refractivity contribution is -0.141. The van der Waals surface area contributed by atoms with E-state index in [1.54, 1.807) is 18.2 Å². The van der Waals surface area contributed by atoms with E-state index in [4.69, 9.17) is 9.47 Å². The molecule has 0 fully saturated rings. The molecule has 1 aliphatic heterocycles. The Morgan fingerprint density at radius 2 is 1.70 bits per heavy atom. The summed E-state index contributed by atoms with van der Waals surface area (Å²) in [5.41, 5.74) is 1.63. The molecule has 0 radical (unpaired) electrons. The summed E-state index contributed by atoms with van der Waals surface area (Å²) in [6.07, 6.45) is 1.41. The fraction of sp³-hybridized carbons (Fsp3) is 0.481. The van der Waals surface area contributed by atoms with Crippen LogP contribution in [0.4, 0.5) is 5.69 Å². The molecule has 1 N–H and O–H groups in total. The molecule has 0 aromatic heterocycles. The molecule has 0 spiro atoms. The molecule has 3 rings (SSSR count). The Labute approximate surface area is 219 Å². The molecule has 1 aliphatic rings. The fourth-order valence-corrected chi connectivity index (χ4v) is 4.99. The van der Waals surface area contributed by atoms with Crippen molar-refractivity contribution >= 4 is 27.5 Å². The number of hydrogen-bond acceptors (Lipinski definition) is 6. The first kappa shape index (κ1) is 28.3. The van der Waals surface area contributed by atoms with Gasteiger partial charge in [-0.3, -0.25) is 13.9 Å². The quantitative estimate of drug-likeness (QED) is 0.533. The summed E-state index contributed by atoms with van der Waals surface area (Å²) in [4.78, 5) is 28.6. The van der Waals surface area contributed by atoms with Gasteiger partial charge < -0.3 is 19.7 Å². The molecule has 9 nitrogen and oxygen atoms in total. The Morgan fingerprint density at radius 1 is 1.05 bits per heavy atom. The van der Waals surface area contributed by atoms with Gasteiger partial charge in [-0.15, -0.1) is 0 Å². The SMILES string of the molecule is CCC(C(=O)NC(C)(C)C)N(Cc1ccccc1C)C(=O)CN(c1ccc2c(c1)OCCO2)S(C)(=O)=O. The average Bonchev–Trinajstić information content (AvgIpc) is 2.81. The molecule has 2 aromatic rings. The summed E-state index contributed by atoms with van der Waals surface area (Å²) in [7, 11) is -3.85. The molecule has 0 saturated carbocycles. The van der Waals surface area contributed by atoms with E-state index in [0.717, 1.165) is 21.7 Å². The van der Waals surface area contributed by atoms with Crippen molar-refractivity contribution in [2.45, 2.75) is 59.2 Å². The number of ether oxygens (including phenoxy) is 2. The Bertz CT molecular complexity index is 1240. The summed E-state index contributed by atoms with van der Waals surface area (Å²) in [5.74, 6) is 0.153. The molecule has 37 heavy (non-hydrogen) atoms. The van der Waals surface area contributed by atoms with Crippen molar-refractivity contribution in [2.24, 2.45) is 0 Å². The van der Waals surface area contributed by atoms with Gasteiger partial charge in [0.15, 0.2) is 11.5 Å². The molecule has 1 atom stereocenters. The molecule has 2 aromatic carbocycles. The van der Waals surface area contributed by atoms with Crippen LogP contribution in [-0.4, -0.2) is 62.7 Å². The second kappa shape index (κ2) is 11.4. The summed E-state index contributed by atoms with van der Waals surface area (Å²) in [6, 6.07) is 11.6. The monoisotopic (exact) mass is 531 g/mol. The summed E-state index contributed by atoms with van der Waals surface area (Å²) in [6.45, 7) is 9.84. The lowest BCUT2D eigenvalue weighted by Gasteiger charge is -2.35. The predicted octanol–water partition coefficient (Wildman–Crippen LogP) is 3.25. The number of benzene rings is 2. The lowest BCUT2D eigenvalue weighted by atomic mass is 10.0. The minimum absolute atomic E-state index is 0.167. The van der Waals surface area contributed by atoms with Crippen molar-refractivity contribution in [3.63, 3.8) is 0 Å². The number of amides is 2. The molecule has 0 bridgehead atoms. The Morgan fingerprint density at radius 3 is 2.30 bits per heavy atom. The topological polar surface area (TPSA) is 105 Å². The third-order valence-electron chi connectivity index (χ3n) is 5.98. The standard InChI is InChI=1S/C27H37N3O6S/c1-7-22(26(32)28-27(3,4)5)29(17-20-11-9-8-10-19(20)2)25(31)18-30(37(6,33)34)21-12-13-23-24(16-21)36-15-14-35-23/h8-13,16,22H,7,14-15,17-18H2,1-6H3,(H,28,32). The van der Waals surface area contributed by atoms with Gasteiger partial charge in [0.2, 0.25) is 21.8 Å². The van der Waals surface area contributed by atoms with Gasteiger partial charge in [0.05, 0.1) is 11.9 Å². The van der Waals surface area contributed by atoms with Gasteiger partial charge in [-0.05, 0) is 57.4 Å². The van der Waals surface area contributed by atoms with Crippen molar-refractivity contribution in [3.8, 4) is 11.5 Å². The number of nitrogens with one attached hydrogen (secondary N) is 1. The van der Waals surface area contributed by atoms with Crippen LogP contribution in [0.5, 0.6) is 11.5 Å². The van der Waals surface area contributed by atoms with E-state index >= 15 is 0 Å². The summed E-state index contributed by atoms with van der Waals surface area (Å²) >= 11 is 0. The van der Waals surface area contributed by atoms with Crippen LogP contribution in [0.1, 0.15) is 45.2 Å². The molecule has 2 amide bonds. The molecule has 0 saturated heterocycles. The van der Waals surface area contributed by atoms with Gasteiger partial charge >= 0.3 is 0 Å². The first-order valence-corrected chi connectivity index (χ1v) is 14.2. The number of hydrogen-bond donors (Lipinski definition) is 1. The molecular weight excluding hydrogens is 494 g/mol. The smallest absolute Gasteiger partial charge is 0.244 e. The highest BCUT2D eigenvalue weighted by molar-refractivity contribution is 7.92. The number of nitrogens with zero attached hydrogens (tertiary/aromatic N) is 2. The minimum Gasteiger partial charge on any atom is -0.486 e. The Kier molecular flexibility index (Phi) is 8.73. The van der Waals surface area contributed by atoms with Gasteiger partial charge in [0.25, 0.3) is 0 Å². The van der Waals surface area contributed by atoms with E-state index in [-0.39, 0.29) is 18.1 Å². The number of rotatable bonds is 9. The zero-order valence-electron chi connectivity index (χ0n) is 22.4. The van der Waals surface area contributed by atoms with E-state index in [9.17, 15) is 18.0 Å². The minimum atomic E-state index is -3.85. The van der Waals surface area contributed by atoms with Gasteiger partial charge in [0.1, 0.15) is 25.8 Å². The van der Waals surface area contributed by atoms with Crippen molar-refractivity contribution in [1.29, 1.82) is 0 Å². The number of carbonyl (C=O) groups is 2. The fourth-order valence-electron chi connectivity index (χ4n) is 4.14. The molecular formula is C27H37N3O6S. The molecule has 202 valence electrons. The number of carbonyl (C=O) groups excluding carboxylic acids is 2. The largest absolute Gasteiger partial charge is 0.486 e. The molecule has 0 aliphatic carbocycles. The number of anilines is 1. The van der Waals surface area contributed by atoms with Gasteiger partial charge in [-0.25, -0.2) is 8.42 Å². The summed E-state index contributed by atoms with van der Waals surface area (Å²) in [5, 5.41) is 2.96. The van der Waals surface area contributed by atoms with Crippen molar-refractivity contribution < 1.29 is 27.5 Å². The average molecular weight is 532 g/mol. The van der Waals surface area contributed by atoms with E-state index < -0.39 is 34.1 Å². The molecule has 10 heteroatoms. The first-order chi connectivity index (χ1) is 17.3. The zero-order valence-corrected chi connectivity index (χ0v) is 23.2.